The number of hydrogen-bond donors (Lipinski definition) is 2. The number of para-hydroxylation sites is 1. The van der Waals surface area contributed by atoms with Crippen molar-refractivity contribution in [3.8, 4) is 11.5 Å². The summed E-state index contributed by atoms with van der Waals surface area (Å²) in [5.74, 6) is -0.628. The molecule has 0 unspecified atom stereocenters. The van der Waals surface area contributed by atoms with Crippen molar-refractivity contribution in [2.75, 3.05) is 0 Å². The molecule has 0 atom stereocenters. The Balaban J connectivity index is 1.82. The topological polar surface area (TPSA) is 75.6 Å². The molecule has 5 nitrogen and oxygen atoms in total. The van der Waals surface area contributed by atoms with E-state index in [4.69, 9.17) is 16.3 Å². The number of aryl methyl sites for hydroxylation is 1. The number of rotatable bonds is 6. The van der Waals surface area contributed by atoms with Crippen molar-refractivity contribution in [3.05, 3.63) is 100 Å². The zero-order valence-corrected chi connectivity index (χ0v) is 16.3. The molecule has 0 aliphatic rings. The van der Waals surface area contributed by atoms with Crippen LogP contribution < -0.4 is 10.1 Å². The van der Waals surface area contributed by atoms with E-state index in [1.807, 2.05) is 19.1 Å². The van der Waals surface area contributed by atoms with Gasteiger partial charge in [-0.2, -0.15) is 0 Å². The Labute approximate surface area is 173 Å². The zero-order valence-electron chi connectivity index (χ0n) is 15.6. The van der Waals surface area contributed by atoms with E-state index in [0.717, 1.165) is 5.56 Å². The van der Waals surface area contributed by atoms with Gasteiger partial charge in [0, 0.05) is 5.56 Å². The molecule has 0 aromatic heterocycles. The Morgan fingerprint density at radius 1 is 1.00 bits per heavy atom. The highest BCUT2D eigenvalue weighted by molar-refractivity contribution is 6.32. The van der Waals surface area contributed by atoms with Gasteiger partial charge in [0.1, 0.15) is 17.2 Å². The molecule has 0 saturated heterocycles. The second-order valence-corrected chi connectivity index (χ2v) is 6.64. The molecule has 3 rings (SSSR count). The van der Waals surface area contributed by atoms with Gasteiger partial charge in [-0.1, -0.05) is 48.0 Å². The maximum Gasteiger partial charge on any atom is 0.352 e. The predicted octanol–water partition coefficient (Wildman–Crippen LogP) is 5.30. The third-order valence-corrected chi connectivity index (χ3v) is 4.43. The van der Waals surface area contributed by atoms with E-state index >= 15 is 0 Å². The lowest BCUT2D eigenvalue weighted by molar-refractivity contribution is -0.132. The standard InChI is InChI=1S/C23H18ClNO4/c1-15-13-18(29-21-10-6-5-9-19(21)24)12-11-17(15)14-20(23(27)28)25-22(26)16-7-3-2-4-8-16/h2-14H,1H3,(H,25,26)(H,27,28)/b20-14+. The third kappa shape index (κ3) is 5.24. The SMILES string of the molecule is Cc1cc(Oc2ccccc2Cl)ccc1/C=C(/NC(=O)c1ccccc1)C(=O)O. The largest absolute Gasteiger partial charge is 0.477 e. The first-order valence-corrected chi connectivity index (χ1v) is 9.16. The number of carboxylic acid groups (broad SMARTS) is 1. The van der Waals surface area contributed by atoms with Gasteiger partial charge in [0.2, 0.25) is 0 Å². The number of nitrogens with one attached hydrogen (secondary N) is 1. The summed E-state index contributed by atoms with van der Waals surface area (Å²) in [6, 6.07) is 20.7. The lowest BCUT2D eigenvalue weighted by Crippen LogP contribution is -2.27. The molecule has 6 heteroatoms. The molecule has 3 aromatic rings. The fourth-order valence-electron chi connectivity index (χ4n) is 2.62. The monoisotopic (exact) mass is 407 g/mol. The highest BCUT2D eigenvalue weighted by atomic mass is 35.5. The second kappa shape index (κ2) is 9.08. The Hall–Kier alpha value is -3.57. The van der Waals surface area contributed by atoms with Crippen LogP contribution >= 0.6 is 11.6 Å². The number of benzene rings is 3. The Morgan fingerprint density at radius 3 is 2.34 bits per heavy atom. The van der Waals surface area contributed by atoms with Crippen LogP contribution in [0.25, 0.3) is 6.08 Å². The minimum Gasteiger partial charge on any atom is -0.477 e. The van der Waals surface area contributed by atoms with Gasteiger partial charge in [-0.25, -0.2) is 4.79 Å². The molecule has 146 valence electrons. The van der Waals surface area contributed by atoms with Crippen molar-refractivity contribution in [2.45, 2.75) is 6.92 Å². The minimum atomic E-state index is -1.23. The van der Waals surface area contributed by atoms with Crippen molar-refractivity contribution in [1.29, 1.82) is 0 Å². The third-order valence-electron chi connectivity index (χ3n) is 4.12. The van der Waals surface area contributed by atoms with E-state index < -0.39 is 11.9 Å². The smallest absolute Gasteiger partial charge is 0.352 e. The number of hydrogen-bond acceptors (Lipinski definition) is 3. The molecular formula is C23H18ClNO4. The second-order valence-electron chi connectivity index (χ2n) is 6.23. The van der Waals surface area contributed by atoms with Crippen LogP contribution in [0.3, 0.4) is 0 Å². The van der Waals surface area contributed by atoms with Crippen LogP contribution in [0.1, 0.15) is 21.5 Å². The number of carboxylic acids is 1. The van der Waals surface area contributed by atoms with E-state index in [9.17, 15) is 14.7 Å². The molecule has 0 radical (unpaired) electrons. The first kappa shape index (κ1) is 20.2. The predicted molar refractivity (Wildman–Crippen MR) is 112 cm³/mol. The van der Waals surface area contributed by atoms with Crippen molar-refractivity contribution in [2.24, 2.45) is 0 Å². The van der Waals surface area contributed by atoms with Crippen LogP contribution in [0.15, 0.2) is 78.5 Å². The van der Waals surface area contributed by atoms with E-state index in [2.05, 4.69) is 5.32 Å². The summed E-state index contributed by atoms with van der Waals surface area (Å²) >= 11 is 6.11. The average Bonchev–Trinajstić information content (AvgIpc) is 2.71. The van der Waals surface area contributed by atoms with Gasteiger partial charge in [0.25, 0.3) is 5.91 Å². The lowest BCUT2D eigenvalue weighted by Gasteiger charge is -2.10. The molecule has 3 aromatic carbocycles. The molecule has 0 aliphatic carbocycles. The van der Waals surface area contributed by atoms with E-state index in [1.54, 1.807) is 60.7 Å². The van der Waals surface area contributed by atoms with Crippen LogP contribution in [-0.4, -0.2) is 17.0 Å². The maximum absolute atomic E-state index is 12.3. The molecule has 1 amide bonds. The molecule has 0 bridgehead atoms. The number of carbonyl (C=O) groups excluding carboxylic acids is 1. The molecule has 0 fully saturated rings. The van der Waals surface area contributed by atoms with Crippen LogP contribution in [0.4, 0.5) is 0 Å². The van der Waals surface area contributed by atoms with Crippen LogP contribution in [0.5, 0.6) is 11.5 Å². The minimum absolute atomic E-state index is 0.221. The quantitative estimate of drug-likeness (QED) is 0.544. The van der Waals surface area contributed by atoms with Gasteiger partial charge in [-0.05, 0) is 60.5 Å². The first-order chi connectivity index (χ1) is 13.9. The summed E-state index contributed by atoms with van der Waals surface area (Å²) in [7, 11) is 0. The summed E-state index contributed by atoms with van der Waals surface area (Å²) < 4.78 is 5.78. The van der Waals surface area contributed by atoms with E-state index in [-0.39, 0.29) is 5.70 Å². The summed E-state index contributed by atoms with van der Waals surface area (Å²) in [6.07, 6.45) is 1.41. The summed E-state index contributed by atoms with van der Waals surface area (Å²) in [6.45, 7) is 1.82. The first-order valence-electron chi connectivity index (χ1n) is 8.78. The van der Waals surface area contributed by atoms with E-state index in [0.29, 0.717) is 27.6 Å². The summed E-state index contributed by atoms with van der Waals surface area (Å²) in [4.78, 5) is 23.9. The number of ether oxygens (including phenoxy) is 1. The fourth-order valence-corrected chi connectivity index (χ4v) is 2.79. The normalized spacial score (nSPS) is 11.0. The molecule has 2 N–H and O–H groups in total. The molecule has 0 heterocycles. The number of carbonyl (C=O) groups is 2. The molecular weight excluding hydrogens is 390 g/mol. The van der Waals surface area contributed by atoms with Crippen molar-refractivity contribution in [1.82, 2.24) is 5.32 Å². The maximum atomic E-state index is 12.3. The highest BCUT2D eigenvalue weighted by Crippen LogP contribution is 2.30. The molecule has 0 aliphatic heterocycles. The van der Waals surface area contributed by atoms with Crippen LogP contribution in [0, 0.1) is 6.92 Å². The molecule has 29 heavy (non-hydrogen) atoms. The fraction of sp³-hybridized carbons (Fsp3) is 0.0435. The van der Waals surface area contributed by atoms with Crippen LogP contribution in [0.2, 0.25) is 5.02 Å². The Bertz CT molecular complexity index is 1080. The van der Waals surface area contributed by atoms with Gasteiger partial charge in [-0.3, -0.25) is 4.79 Å². The van der Waals surface area contributed by atoms with E-state index in [1.165, 1.54) is 6.08 Å². The average molecular weight is 408 g/mol. The number of aliphatic carboxylic acids is 1. The summed E-state index contributed by atoms with van der Waals surface area (Å²) in [5, 5.41) is 12.4. The van der Waals surface area contributed by atoms with Gasteiger partial charge in [0.05, 0.1) is 5.02 Å². The van der Waals surface area contributed by atoms with Crippen molar-refractivity contribution >= 4 is 29.6 Å². The molecule has 0 saturated carbocycles. The van der Waals surface area contributed by atoms with Gasteiger partial charge >= 0.3 is 5.97 Å². The lowest BCUT2D eigenvalue weighted by atomic mass is 10.1. The number of halogens is 1. The van der Waals surface area contributed by atoms with Crippen molar-refractivity contribution in [3.63, 3.8) is 0 Å². The summed E-state index contributed by atoms with van der Waals surface area (Å²) in [5.41, 5.74) is 1.58. The highest BCUT2D eigenvalue weighted by Gasteiger charge is 2.14. The van der Waals surface area contributed by atoms with Crippen molar-refractivity contribution < 1.29 is 19.4 Å². The van der Waals surface area contributed by atoms with Gasteiger partial charge in [0.15, 0.2) is 0 Å². The van der Waals surface area contributed by atoms with Crippen LogP contribution in [-0.2, 0) is 4.79 Å². The Morgan fingerprint density at radius 2 is 1.69 bits per heavy atom. The Kier molecular flexibility index (Phi) is 6.32. The number of amides is 1. The molecule has 0 spiro atoms. The van der Waals surface area contributed by atoms with Gasteiger partial charge in [-0.15, -0.1) is 0 Å². The van der Waals surface area contributed by atoms with Gasteiger partial charge < -0.3 is 15.2 Å². The zero-order chi connectivity index (χ0) is 20.8.